The summed E-state index contributed by atoms with van der Waals surface area (Å²) >= 11 is 0. The lowest BCUT2D eigenvalue weighted by molar-refractivity contribution is -0.121. The van der Waals surface area contributed by atoms with Crippen molar-refractivity contribution in [3.8, 4) is 0 Å². The van der Waals surface area contributed by atoms with Crippen LogP contribution in [-0.4, -0.2) is 35.8 Å². The van der Waals surface area contributed by atoms with E-state index in [9.17, 15) is 18.4 Å². The maximum Gasteiger partial charge on any atom is 0.256 e. The molecule has 6 heteroatoms. The van der Waals surface area contributed by atoms with Crippen LogP contribution in [0.4, 0.5) is 8.78 Å². The molecule has 0 saturated carbocycles. The summed E-state index contributed by atoms with van der Waals surface area (Å²) in [5.74, 6) is -2.00. The van der Waals surface area contributed by atoms with Gasteiger partial charge in [-0.05, 0) is 25.0 Å². The summed E-state index contributed by atoms with van der Waals surface area (Å²) in [7, 11) is 0. The van der Waals surface area contributed by atoms with E-state index in [0.29, 0.717) is 38.4 Å². The molecule has 1 aromatic carbocycles. The Labute approximate surface area is 122 Å². The zero-order valence-corrected chi connectivity index (χ0v) is 11.9. The minimum atomic E-state index is -0.846. The Morgan fingerprint density at radius 3 is 2.52 bits per heavy atom. The highest BCUT2D eigenvalue weighted by Gasteiger charge is 2.25. The van der Waals surface area contributed by atoms with Crippen LogP contribution in [0.15, 0.2) is 18.2 Å². The molecule has 0 aliphatic carbocycles. The number of hydrogen-bond acceptors (Lipinski definition) is 2. The smallest absolute Gasteiger partial charge is 0.256 e. The number of carbonyl (C=O) groups is 2. The molecular formula is C15H18F2N2O2. The van der Waals surface area contributed by atoms with Gasteiger partial charge in [0.05, 0.1) is 5.56 Å². The first kappa shape index (κ1) is 15.4. The molecule has 0 bridgehead atoms. The number of likely N-dealkylation sites (tertiary alicyclic amines) is 1. The molecule has 0 atom stereocenters. The quantitative estimate of drug-likeness (QED) is 0.928. The highest BCUT2D eigenvalue weighted by molar-refractivity contribution is 5.94. The van der Waals surface area contributed by atoms with Gasteiger partial charge in [-0.25, -0.2) is 8.78 Å². The van der Waals surface area contributed by atoms with Gasteiger partial charge >= 0.3 is 0 Å². The van der Waals surface area contributed by atoms with Crippen LogP contribution in [0.2, 0.25) is 0 Å². The maximum absolute atomic E-state index is 13.6. The van der Waals surface area contributed by atoms with E-state index in [-0.39, 0.29) is 17.5 Å². The molecule has 1 saturated heterocycles. The number of hydrogen-bond donors (Lipinski definition) is 1. The molecule has 21 heavy (non-hydrogen) atoms. The van der Waals surface area contributed by atoms with Gasteiger partial charge in [-0.3, -0.25) is 9.59 Å². The van der Waals surface area contributed by atoms with Crippen LogP contribution in [0, 0.1) is 11.6 Å². The summed E-state index contributed by atoms with van der Waals surface area (Å²) in [6.07, 6.45) is 1.71. The summed E-state index contributed by atoms with van der Waals surface area (Å²) in [4.78, 5) is 25.0. The highest BCUT2D eigenvalue weighted by Crippen LogP contribution is 2.17. The van der Waals surface area contributed by atoms with E-state index >= 15 is 0 Å². The SMILES string of the molecule is CCC(=O)NC1CCN(C(=O)c2ccc(F)cc2F)CC1. The van der Waals surface area contributed by atoms with Crippen molar-refractivity contribution in [3.05, 3.63) is 35.4 Å². The van der Waals surface area contributed by atoms with E-state index in [0.717, 1.165) is 12.1 Å². The van der Waals surface area contributed by atoms with Gasteiger partial charge in [0.15, 0.2) is 0 Å². The summed E-state index contributed by atoms with van der Waals surface area (Å²) in [6.45, 7) is 2.68. The van der Waals surface area contributed by atoms with Gasteiger partial charge in [0, 0.05) is 31.6 Å². The van der Waals surface area contributed by atoms with Crippen LogP contribution in [0.1, 0.15) is 36.5 Å². The third-order valence-corrected chi connectivity index (χ3v) is 3.63. The van der Waals surface area contributed by atoms with Gasteiger partial charge in [0.2, 0.25) is 5.91 Å². The second-order valence-corrected chi connectivity index (χ2v) is 5.11. The summed E-state index contributed by atoms with van der Waals surface area (Å²) in [5.41, 5.74) is -0.118. The van der Waals surface area contributed by atoms with Crippen molar-refractivity contribution in [1.82, 2.24) is 10.2 Å². The van der Waals surface area contributed by atoms with Crippen molar-refractivity contribution in [2.24, 2.45) is 0 Å². The third kappa shape index (κ3) is 3.77. The van der Waals surface area contributed by atoms with E-state index in [1.807, 2.05) is 0 Å². The predicted molar refractivity (Wildman–Crippen MR) is 73.7 cm³/mol. The topological polar surface area (TPSA) is 49.4 Å². The van der Waals surface area contributed by atoms with Crippen LogP contribution < -0.4 is 5.32 Å². The molecule has 1 aliphatic rings. The average Bonchev–Trinajstić information content (AvgIpc) is 2.47. The number of benzene rings is 1. The van der Waals surface area contributed by atoms with Gasteiger partial charge in [0.1, 0.15) is 11.6 Å². The largest absolute Gasteiger partial charge is 0.353 e. The Kier molecular flexibility index (Phi) is 4.88. The predicted octanol–water partition coefficient (Wildman–Crippen LogP) is 2.10. The molecule has 1 fully saturated rings. The minimum Gasteiger partial charge on any atom is -0.353 e. The fourth-order valence-electron chi connectivity index (χ4n) is 2.39. The highest BCUT2D eigenvalue weighted by atomic mass is 19.1. The van der Waals surface area contributed by atoms with Gasteiger partial charge < -0.3 is 10.2 Å². The van der Waals surface area contributed by atoms with Crippen LogP contribution in [0.3, 0.4) is 0 Å². The molecular weight excluding hydrogens is 278 g/mol. The summed E-state index contributed by atoms with van der Waals surface area (Å²) < 4.78 is 26.5. The van der Waals surface area contributed by atoms with E-state index in [1.54, 1.807) is 6.92 Å². The molecule has 2 amide bonds. The van der Waals surface area contributed by atoms with Crippen molar-refractivity contribution in [3.63, 3.8) is 0 Å². The molecule has 1 heterocycles. The lowest BCUT2D eigenvalue weighted by atomic mass is 10.0. The van der Waals surface area contributed by atoms with Crippen molar-refractivity contribution in [1.29, 1.82) is 0 Å². The molecule has 4 nitrogen and oxygen atoms in total. The van der Waals surface area contributed by atoms with Gasteiger partial charge in [-0.2, -0.15) is 0 Å². The minimum absolute atomic E-state index is 0.00986. The van der Waals surface area contributed by atoms with Crippen LogP contribution in [0.25, 0.3) is 0 Å². The monoisotopic (exact) mass is 296 g/mol. The lowest BCUT2D eigenvalue weighted by Crippen LogP contribution is -2.46. The number of piperidine rings is 1. The zero-order chi connectivity index (χ0) is 15.4. The van der Waals surface area contributed by atoms with Crippen molar-refractivity contribution in [2.75, 3.05) is 13.1 Å². The molecule has 114 valence electrons. The maximum atomic E-state index is 13.6. The summed E-state index contributed by atoms with van der Waals surface area (Å²) in [6, 6.07) is 3.00. The Morgan fingerprint density at radius 1 is 1.29 bits per heavy atom. The molecule has 1 aliphatic heterocycles. The number of carbonyl (C=O) groups excluding carboxylic acids is 2. The molecule has 0 radical (unpaired) electrons. The number of amides is 2. The lowest BCUT2D eigenvalue weighted by Gasteiger charge is -2.32. The second-order valence-electron chi connectivity index (χ2n) is 5.11. The molecule has 1 aromatic rings. The molecule has 1 N–H and O–H groups in total. The fraction of sp³-hybridized carbons (Fsp3) is 0.467. The first-order chi connectivity index (χ1) is 10.0. The number of nitrogens with zero attached hydrogens (tertiary/aromatic N) is 1. The standard InChI is InChI=1S/C15H18F2N2O2/c1-2-14(20)18-11-5-7-19(8-6-11)15(21)12-4-3-10(16)9-13(12)17/h3-4,9,11H,2,5-8H2,1H3,(H,18,20). The first-order valence-corrected chi connectivity index (χ1v) is 7.05. The number of nitrogens with one attached hydrogen (secondary N) is 1. The normalized spacial score (nSPS) is 15.9. The Morgan fingerprint density at radius 2 is 1.95 bits per heavy atom. The van der Waals surface area contributed by atoms with Gasteiger partial charge in [0.25, 0.3) is 5.91 Å². The molecule has 2 rings (SSSR count). The van der Waals surface area contributed by atoms with Crippen LogP contribution in [0.5, 0.6) is 0 Å². The molecule has 0 spiro atoms. The fourth-order valence-corrected chi connectivity index (χ4v) is 2.39. The van der Waals surface area contributed by atoms with Crippen LogP contribution >= 0.6 is 0 Å². The van der Waals surface area contributed by atoms with E-state index in [1.165, 1.54) is 4.90 Å². The van der Waals surface area contributed by atoms with Gasteiger partial charge in [-0.15, -0.1) is 0 Å². The average molecular weight is 296 g/mol. The zero-order valence-electron chi connectivity index (χ0n) is 11.9. The van der Waals surface area contributed by atoms with Crippen molar-refractivity contribution >= 4 is 11.8 Å². The Hall–Kier alpha value is -1.98. The number of halogens is 2. The van der Waals surface area contributed by atoms with E-state index in [2.05, 4.69) is 5.32 Å². The third-order valence-electron chi connectivity index (χ3n) is 3.63. The molecule has 0 aromatic heterocycles. The van der Waals surface area contributed by atoms with Crippen molar-refractivity contribution < 1.29 is 18.4 Å². The second kappa shape index (κ2) is 6.65. The summed E-state index contributed by atoms with van der Waals surface area (Å²) in [5, 5.41) is 2.89. The van der Waals surface area contributed by atoms with E-state index in [4.69, 9.17) is 0 Å². The van der Waals surface area contributed by atoms with E-state index < -0.39 is 17.5 Å². The first-order valence-electron chi connectivity index (χ1n) is 7.05. The van der Waals surface area contributed by atoms with Gasteiger partial charge in [-0.1, -0.05) is 6.92 Å². The van der Waals surface area contributed by atoms with Crippen LogP contribution in [-0.2, 0) is 4.79 Å². The Balaban J connectivity index is 1.95. The van der Waals surface area contributed by atoms with Crippen molar-refractivity contribution in [2.45, 2.75) is 32.2 Å². The number of rotatable bonds is 3. The Bertz CT molecular complexity index is 540. The molecule has 0 unspecified atom stereocenters.